The highest BCUT2D eigenvalue weighted by Gasteiger charge is 2.49. The van der Waals surface area contributed by atoms with Crippen molar-refractivity contribution < 1.29 is 19.0 Å². The molecule has 0 spiro atoms. The Balaban J connectivity index is 1.12. The van der Waals surface area contributed by atoms with Crippen LogP contribution in [0.2, 0.25) is 0 Å². The van der Waals surface area contributed by atoms with E-state index in [2.05, 4.69) is 20.5 Å². The Hall–Kier alpha value is -2.06. The van der Waals surface area contributed by atoms with Crippen molar-refractivity contribution in [3.05, 3.63) is 18.3 Å². The summed E-state index contributed by atoms with van der Waals surface area (Å²) in [5.74, 6) is 1.73. The number of pyridine rings is 1. The fourth-order valence-corrected chi connectivity index (χ4v) is 5.08. The van der Waals surface area contributed by atoms with Crippen LogP contribution < -0.4 is 20.3 Å². The number of carbonyl (C=O) groups is 1. The van der Waals surface area contributed by atoms with Gasteiger partial charge in [-0.25, -0.2) is 9.78 Å². The van der Waals surface area contributed by atoms with Crippen molar-refractivity contribution in [1.82, 2.24) is 15.6 Å². The summed E-state index contributed by atoms with van der Waals surface area (Å²) in [5, 5.41) is 6.15. The van der Waals surface area contributed by atoms with Gasteiger partial charge in [0.15, 0.2) is 6.10 Å². The van der Waals surface area contributed by atoms with E-state index >= 15 is 0 Å². The molecule has 4 heterocycles. The summed E-state index contributed by atoms with van der Waals surface area (Å²) in [6.07, 6.45) is 9.48. The molecule has 0 aromatic carbocycles. The predicted molar refractivity (Wildman–Crippen MR) is 112 cm³/mol. The second-order valence-corrected chi connectivity index (χ2v) is 8.86. The quantitative estimate of drug-likeness (QED) is 0.766. The summed E-state index contributed by atoms with van der Waals surface area (Å²) in [7, 11) is 0. The second kappa shape index (κ2) is 8.98. The molecule has 3 saturated heterocycles. The molecule has 0 bridgehead atoms. The van der Waals surface area contributed by atoms with E-state index in [1.54, 1.807) is 6.20 Å². The van der Waals surface area contributed by atoms with Crippen molar-refractivity contribution in [3.63, 3.8) is 0 Å². The molecular formula is C22H32N4O4. The van der Waals surface area contributed by atoms with Gasteiger partial charge in [-0.1, -0.05) is 19.3 Å². The van der Waals surface area contributed by atoms with Crippen molar-refractivity contribution in [3.8, 4) is 5.75 Å². The van der Waals surface area contributed by atoms with Crippen LogP contribution in [-0.4, -0.2) is 67.7 Å². The number of hydrogen-bond donors (Lipinski definition) is 2. The second-order valence-electron chi connectivity index (χ2n) is 8.86. The molecule has 8 heteroatoms. The van der Waals surface area contributed by atoms with Crippen LogP contribution in [0.4, 0.5) is 10.6 Å². The summed E-state index contributed by atoms with van der Waals surface area (Å²) < 4.78 is 18.0. The number of anilines is 1. The van der Waals surface area contributed by atoms with E-state index in [0.717, 1.165) is 37.5 Å². The average Bonchev–Trinajstić information content (AvgIpc) is 3.50. The van der Waals surface area contributed by atoms with Gasteiger partial charge in [-0.05, 0) is 37.8 Å². The number of nitrogens with one attached hydrogen (secondary N) is 2. The summed E-state index contributed by atoms with van der Waals surface area (Å²) >= 11 is 0. The number of amides is 2. The zero-order valence-electron chi connectivity index (χ0n) is 17.4. The molecule has 1 aromatic heterocycles. The highest BCUT2D eigenvalue weighted by molar-refractivity contribution is 5.74. The van der Waals surface area contributed by atoms with Crippen molar-refractivity contribution in [2.45, 2.75) is 75.3 Å². The normalized spacial score (nSPS) is 31.5. The number of hydrogen-bond acceptors (Lipinski definition) is 6. The summed E-state index contributed by atoms with van der Waals surface area (Å²) in [4.78, 5) is 19.2. The Morgan fingerprint density at radius 2 is 1.80 bits per heavy atom. The molecular weight excluding hydrogens is 384 g/mol. The van der Waals surface area contributed by atoms with Crippen LogP contribution in [0.5, 0.6) is 5.75 Å². The van der Waals surface area contributed by atoms with E-state index in [-0.39, 0.29) is 36.4 Å². The molecule has 2 amide bonds. The highest BCUT2D eigenvalue weighted by Crippen LogP contribution is 2.30. The lowest BCUT2D eigenvalue weighted by Crippen LogP contribution is -2.51. The molecule has 3 aliphatic heterocycles. The van der Waals surface area contributed by atoms with E-state index in [9.17, 15) is 4.79 Å². The molecule has 1 aliphatic carbocycles. The minimum atomic E-state index is -0.192. The van der Waals surface area contributed by atoms with E-state index < -0.39 is 0 Å². The first-order valence-corrected chi connectivity index (χ1v) is 11.4. The maximum absolute atomic E-state index is 12.4. The molecule has 4 atom stereocenters. The summed E-state index contributed by atoms with van der Waals surface area (Å²) in [6, 6.07) is 4.00. The molecule has 8 nitrogen and oxygen atoms in total. The topological polar surface area (TPSA) is 85.0 Å². The zero-order valence-corrected chi connectivity index (χ0v) is 17.4. The number of fused-ring (bicyclic) bond motifs is 1. The third-order valence-electron chi connectivity index (χ3n) is 6.70. The number of aromatic nitrogens is 1. The van der Waals surface area contributed by atoms with Crippen molar-refractivity contribution in [2.75, 3.05) is 31.2 Å². The summed E-state index contributed by atoms with van der Waals surface area (Å²) in [5.41, 5.74) is 0. The van der Waals surface area contributed by atoms with E-state index in [1.165, 1.54) is 32.1 Å². The molecule has 5 rings (SSSR count). The van der Waals surface area contributed by atoms with Crippen molar-refractivity contribution in [1.29, 1.82) is 0 Å². The van der Waals surface area contributed by atoms with Crippen LogP contribution in [0.1, 0.15) is 44.9 Å². The Labute approximate surface area is 177 Å². The fraction of sp³-hybridized carbons (Fsp3) is 0.727. The van der Waals surface area contributed by atoms with E-state index in [0.29, 0.717) is 13.2 Å². The van der Waals surface area contributed by atoms with Crippen molar-refractivity contribution >= 4 is 11.8 Å². The van der Waals surface area contributed by atoms with Crippen LogP contribution in [0.3, 0.4) is 0 Å². The predicted octanol–water partition coefficient (Wildman–Crippen LogP) is 2.23. The van der Waals surface area contributed by atoms with Crippen LogP contribution in [0, 0.1) is 0 Å². The molecule has 164 valence electrons. The molecule has 1 saturated carbocycles. The Bertz CT molecular complexity index is 718. The molecule has 4 fully saturated rings. The third-order valence-corrected chi connectivity index (χ3v) is 6.70. The van der Waals surface area contributed by atoms with Crippen LogP contribution in [-0.2, 0) is 9.47 Å². The first-order valence-electron chi connectivity index (χ1n) is 11.4. The van der Waals surface area contributed by atoms with Gasteiger partial charge in [-0.2, -0.15) is 0 Å². The lowest BCUT2D eigenvalue weighted by molar-refractivity contribution is 0.0302. The SMILES string of the molecule is O=C(NC1CCCCC1)N[C@H]1CO[C@H]2[C@@H]1OC[C@@H]2Oc1ccc(N2CCCC2)nc1. The largest absolute Gasteiger partial charge is 0.484 e. The molecule has 2 N–H and O–H groups in total. The van der Waals surface area contributed by atoms with Crippen LogP contribution in [0.25, 0.3) is 0 Å². The lowest BCUT2D eigenvalue weighted by Gasteiger charge is -2.24. The minimum Gasteiger partial charge on any atom is -0.484 e. The van der Waals surface area contributed by atoms with Crippen molar-refractivity contribution in [2.24, 2.45) is 0 Å². The first kappa shape index (κ1) is 19.9. The maximum atomic E-state index is 12.4. The van der Waals surface area contributed by atoms with Gasteiger partial charge in [-0.3, -0.25) is 0 Å². The lowest BCUT2D eigenvalue weighted by atomic mass is 9.96. The fourth-order valence-electron chi connectivity index (χ4n) is 5.08. The van der Waals surface area contributed by atoms with Gasteiger partial charge in [-0.15, -0.1) is 0 Å². The highest BCUT2D eigenvalue weighted by atomic mass is 16.6. The third kappa shape index (κ3) is 4.34. The molecule has 4 aliphatic rings. The molecule has 0 unspecified atom stereocenters. The minimum absolute atomic E-state index is 0.120. The smallest absolute Gasteiger partial charge is 0.315 e. The van der Waals surface area contributed by atoms with Gasteiger partial charge < -0.3 is 29.7 Å². The number of carbonyl (C=O) groups excluding carboxylic acids is 1. The van der Waals surface area contributed by atoms with Gasteiger partial charge in [0.2, 0.25) is 0 Å². The molecule has 30 heavy (non-hydrogen) atoms. The van der Waals surface area contributed by atoms with E-state index in [4.69, 9.17) is 14.2 Å². The standard InChI is InChI=1S/C22H32N4O4/c27-22(24-15-6-2-1-3-7-15)25-17-13-28-21-18(14-29-20(17)21)30-16-8-9-19(23-12-16)26-10-4-5-11-26/h8-9,12,15,17-18,20-21H,1-7,10-11,13-14H2,(H2,24,25,27)/t17-,18-,20+,21+/m0/s1. The number of nitrogens with zero attached hydrogens (tertiary/aromatic N) is 2. The van der Waals surface area contributed by atoms with Gasteiger partial charge >= 0.3 is 6.03 Å². The molecule has 0 radical (unpaired) electrons. The Morgan fingerprint density at radius 1 is 1.00 bits per heavy atom. The van der Waals surface area contributed by atoms with Gasteiger partial charge in [0.05, 0.1) is 25.5 Å². The average molecular weight is 417 g/mol. The monoisotopic (exact) mass is 416 g/mol. The van der Waals surface area contributed by atoms with Crippen LogP contribution >= 0.6 is 0 Å². The van der Waals surface area contributed by atoms with E-state index in [1.807, 2.05) is 12.1 Å². The summed E-state index contributed by atoms with van der Waals surface area (Å²) in [6.45, 7) is 3.04. The Kier molecular flexibility index (Phi) is 5.95. The van der Waals surface area contributed by atoms with Gasteiger partial charge in [0.25, 0.3) is 0 Å². The van der Waals surface area contributed by atoms with Gasteiger partial charge in [0.1, 0.15) is 23.8 Å². The maximum Gasteiger partial charge on any atom is 0.315 e. The first-order chi connectivity index (χ1) is 14.8. The number of rotatable bonds is 5. The Morgan fingerprint density at radius 3 is 2.57 bits per heavy atom. The number of urea groups is 1. The van der Waals surface area contributed by atoms with Crippen LogP contribution in [0.15, 0.2) is 18.3 Å². The molecule has 1 aromatic rings. The zero-order chi connectivity index (χ0) is 20.3. The number of ether oxygens (including phenoxy) is 3. The van der Waals surface area contributed by atoms with Gasteiger partial charge in [0, 0.05) is 19.1 Å².